The molecule has 3 fully saturated rings. The van der Waals surface area contributed by atoms with Crippen LogP contribution in [0.5, 0.6) is 5.75 Å². The molecule has 1 aliphatic carbocycles. The number of alkyl halides is 2. The van der Waals surface area contributed by atoms with Gasteiger partial charge in [0.1, 0.15) is 17.5 Å². The third kappa shape index (κ3) is 9.12. The molecule has 4 amide bonds. The largest absolute Gasteiger partial charge is 0.495 e. The third-order valence-electron chi connectivity index (χ3n) is 12.8. The van der Waals surface area contributed by atoms with Crippen molar-refractivity contribution >= 4 is 52.5 Å². The van der Waals surface area contributed by atoms with Crippen molar-refractivity contribution in [2.45, 2.75) is 82.5 Å². The van der Waals surface area contributed by atoms with Crippen LogP contribution in [0, 0.1) is 0 Å². The fourth-order valence-corrected chi connectivity index (χ4v) is 8.86. The zero-order chi connectivity index (χ0) is 43.7. The molecule has 2 aromatic heterocycles. The van der Waals surface area contributed by atoms with Crippen LogP contribution < -0.4 is 29.7 Å². The van der Waals surface area contributed by atoms with Gasteiger partial charge in [0.15, 0.2) is 5.82 Å². The van der Waals surface area contributed by atoms with Gasteiger partial charge in [0, 0.05) is 96.7 Å². The van der Waals surface area contributed by atoms with Crippen LogP contribution in [0.2, 0.25) is 0 Å². The van der Waals surface area contributed by atoms with E-state index < -0.39 is 24.4 Å². The van der Waals surface area contributed by atoms with E-state index in [1.54, 1.807) is 54.9 Å². The summed E-state index contributed by atoms with van der Waals surface area (Å²) in [7, 11) is 8.60. The predicted molar refractivity (Wildman–Crippen MR) is 227 cm³/mol. The Morgan fingerprint density at radius 3 is 2.38 bits per heavy atom. The number of nitrogens with one attached hydrogen (secondary N) is 1. The topological polar surface area (TPSA) is 156 Å². The van der Waals surface area contributed by atoms with E-state index in [1.165, 1.54) is 25.3 Å². The first kappa shape index (κ1) is 43.7. The molecule has 17 nitrogen and oxygen atoms in total. The van der Waals surface area contributed by atoms with Gasteiger partial charge in [-0.3, -0.25) is 34.1 Å². The number of hydrogen-bond donors (Lipinski definition) is 1. The molecule has 2 saturated heterocycles. The molecule has 5 heterocycles. The van der Waals surface area contributed by atoms with Gasteiger partial charge < -0.3 is 34.1 Å². The van der Waals surface area contributed by atoms with Gasteiger partial charge in [-0.15, -0.1) is 0 Å². The van der Waals surface area contributed by atoms with E-state index in [0.717, 1.165) is 75.5 Å². The number of fused-ring (bicyclic) bond motifs is 1. The monoisotopic (exact) mass is 848 g/mol. The molecule has 3 aliphatic heterocycles. The third-order valence-corrected chi connectivity index (χ3v) is 12.8. The molecule has 0 spiro atoms. The molecule has 4 aliphatic rings. The van der Waals surface area contributed by atoms with Gasteiger partial charge in [-0.25, -0.2) is 4.98 Å². The number of benzene rings is 1. The fraction of sp³-hybridized carbons (Fsp3) is 0.595. The van der Waals surface area contributed by atoms with Crippen LogP contribution in [0.3, 0.4) is 0 Å². The molecule has 3 aromatic rings. The average molecular weight is 849 g/mol. The Morgan fingerprint density at radius 1 is 1.00 bits per heavy atom. The Bertz CT molecular complexity index is 2100. The number of anilines is 5. The molecule has 1 aromatic carbocycles. The number of amides is 4. The molecular formula is C42H58F2N12O5. The first-order chi connectivity index (χ1) is 29.1. The number of aromatic nitrogens is 4. The Kier molecular flexibility index (Phi) is 12.8. The van der Waals surface area contributed by atoms with Gasteiger partial charge in [-0.05, 0) is 71.2 Å². The molecule has 0 radical (unpaired) electrons. The van der Waals surface area contributed by atoms with Crippen LogP contribution in [0.25, 0.3) is 0 Å². The van der Waals surface area contributed by atoms with Crippen molar-refractivity contribution in [3.8, 4) is 5.75 Å². The van der Waals surface area contributed by atoms with Crippen LogP contribution in [0.4, 0.5) is 37.6 Å². The maximum atomic E-state index is 14.9. The number of imide groups is 1. The number of nitrogens with zero attached hydrogens (tertiary/aromatic N) is 11. The van der Waals surface area contributed by atoms with Gasteiger partial charge in [0.25, 0.3) is 17.7 Å². The summed E-state index contributed by atoms with van der Waals surface area (Å²) >= 11 is 0. The van der Waals surface area contributed by atoms with Crippen LogP contribution in [0.1, 0.15) is 68.8 Å². The summed E-state index contributed by atoms with van der Waals surface area (Å²) in [6, 6.07) is 4.94. The molecule has 1 atom stereocenters. The fourth-order valence-electron chi connectivity index (χ4n) is 8.86. The maximum Gasteiger partial charge on any atom is 0.342 e. The van der Waals surface area contributed by atoms with Crippen molar-refractivity contribution in [3.63, 3.8) is 0 Å². The van der Waals surface area contributed by atoms with Crippen molar-refractivity contribution in [1.82, 2.24) is 39.8 Å². The van der Waals surface area contributed by atoms with Gasteiger partial charge in [-0.2, -0.15) is 18.9 Å². The molecule has 7 rings (SSSR count). The average Bonchev–Trinajstić information content (AvgIpc) is 3.73. The van der Waals surface area contributed by atoms with Gasteiger partial charge in [0.2, 0.25) is 11.9 Å². The number of likely N-dealkylation sites (N-methyl/N-ethyl adjacent to an activating group) is 1. The number of rotatable bonds is 12. The summed E-state index contributed by atoms with van der Waals surface area (Å²) in [6.07, 6.45) is 9.66. The summed E-state index contributed by atoms with van der Waals surface area (Å²) in [6.45, 7) is 8.26. The molecule has 0 bridgehead atoms. The zero-order valence-electron chi connectivity index (χ0n) is 36.2. The lowest BCUT2D eigenvalue weighted by Crippen LogP contribution is -2.49. The number of piperidine rings is 1. The first-order valence-corrected chi connectivity index (χ1v) is 21.1. The molecule has 19 heteroatoms. The highest BCUT2D eigenvalue weighted by Gasteiger charge is 2.48. The van der Waals surface area contributed by atoms with E-state index in [0.29, 0.717) is 35.9 Å². The predicted octanol–water partition coefficient (Wildman–Crippen LogP) is 3.39. The molecule has 61 heavy (non-hydrogen) atoms. The summed E-state index contributed by atoms with van der Waals surface area (Å²) < 4.78 is 37.1. The molecule has 330 valence electrons. The normalized spacial score (nSPS) is 22.3. The van der Waals surface area contributed by atoms with E-state index in [-0.39, 0.29) is 47.3 Å². The SMILES string of the molecule is COc1cc(C(=O)N(C)C2CCC(N(C)CCN3CCN(c4cnn(C5CCC(=O)NC5=O)c4)CC3)CC2)ccc1N(C)c1ncc2c(n1)N(C(C)C)CC(F)(F)C(=O)N2C. The Hall–Kier alpha value is -5.43. The first-order valence-electron chi connectivity index (χ1n) is 21.1. The van der Waals surface area contributed by atoms with Crippen molar-refractivity contribution in [1.29, 1.82) is 0 Å². The minimum absolute atomic E-state index is 0.103. The van der Waals surface area contributed by atoms with Crippen LogP contribution >= 0.6 is 0 Å². The van der Waals surface area contributed by atoms with Crippen LogP contribution in [-0.4, -0.2) is 163 Å². The summed E-state index contributed by atoms with van der Waals surface area (Å²) in [4.78, 5) is 72.4. The lowest BCUT2D eigenvalue weighted by Gasteiger charge is -2.40. The van der Waals surface area contributed by atoms with E-state index in [1.807, 2.05) is 18.1 Å². The van der Waals surface area contributed by atoms with Crippen LogP contribution in [0.15, 0.2) is 36.8 Å². The van der Waals surface area contributed by atoms with E-state index >= 15 is 0 Å². The van der Waals surface area contributed by atoms with E-state index in [9.17, 15) is 28.0 Å². The quantitative estimate of drug-likeness (QED) is 0.265. The van der Waals surface area contributed by atoms with Crippen molar-refractivity contribution in [2.75, 3.05) is 101 Å². The second kappa shape index (κ2) is 17.9. The Morgan fingerprint density at radius 2 is 1.70 bits per heavy atom. The molecule has 1 saturated carbocycles. The molecule has 1 N–H and O–H groups in total. The maximum absolute atomic E-state index is 14.9. The van der Waals surface area contributed by atoms with Crippen LogP contribution in [-0.2, 0) is 14.4 Å². The lowest BCUT2D eigenvalue weighted by molar-refractivity contribution is -0.140. The minimum atomic E-state index is -3.60. The number of halogens is 2. The second-order valence-corrected chi connectivity index (χ2v) is 16.9. The molecule has 1 unspecified atom stereocenters. The van der Waals surface area contributed by atoms with Crippen molar-refractivity contribution < 1.29 is 32.7 Å². The van der Waals surface area contributed by atoms with Gasteiger partial charge in [-0.1, -0.05) is 0 Å². The van der Waals surface area contributed by atoms with Crippen molar-refractivity contribution in [3.05, 3.63) is 42.4 Å². The summed E-state index contributed by atoms with van der Waals surface area (Å²) in [5.74, 6) is -4.69. The number of hydrogen-bond acceptors (Lipinski definition) is 13. The summed E-state index contributed by atoms with van der Waals surface area (Å²) in [5.41, 5.74) is 2.23. The van der Waals surface area contributed by atoms with Gasteiger partial charge in [0.05, 0.1) is 37.4 Å². The number of carbonyl (C=O) groups excluding carboxylic acids is 4. The smallest absolute Gasteiger partial charge is 0.342 e. The number of methoxy groups -OCH3 is 1. The number of ether oxygens (including phenoxy) is 1. The Balaban J connectivity index is 0.895. The highest BCUT2D eigenvalue weighted by Crippen LogP contribution is 2.39. The van der Waals surface area contributed by atoms with Gasteiger partial charge >= 0.3 is 5.92 Å². The lowest BCUT2D eigenvalue weighted by atomic mass is 9.89. The standard InChI is InChI=1S/C42H58F2N12O5/c1-27(2)55-26-42(43,44)40(60)51(5)34-24-45-41(48-37(34)55)52(6)32-13-8-28(22-35(32)61-7)39(59)50(4)30-11-9-29(10-12-30)49(3)16-17-53-18-20-54(21-19-53)31-23-46-56(25-31)33-14-15-36(57)47-38(33)58/h8,13,22-25,27,29-30,33H,9-12,14-21,26H2,1-7H3,(H,47,57,58). The highest BCUT2D eigenvalue weighted by molar-refractivity contribution is 6.02. The minimum Gasteiger partial charge on any atom is -0.495 e. The van der Waals surface area contributed by atoms with Crippen molar-refractivity contribution in [2.24, 2.45) is 0 Å². The van der Waals surface area contributed by atoms with E-state index in [2.05, 4.69) is 42.1 Å². The number of piperazine rings is 1. The highest BCUT2D eigenvalue weighted by atomic mass is 19.3. The van der Waals surface area contributed by atoms with E-state index in [4.69, 9.17) is 4.74 Å². The summed E-state index contributed by atoms with van der Waals surface area (Å²) in [5, 5.41) is 6.84. The zero-order valence-corrected chi connectivity index (χ0v) is 36.2. The second-order valence-electron chi connectivity index (χ2n) is 16.9. The molecular weight excluding hydrogens is 791 g/mol. The Labute approximate surface area is 355 Å². The number of carbonyl (C=O) groups is 4.